The van der Waals surface area contributed by atoms with Crippen molar-refractivity contribution in [3.05, 3.63) is 0 Å². The van der Waals surface area contributed by atoms with Gasteiger partial charge >= 0.3 is 0 Å². The first-order chi connectivity index (χ1) is 7.24. The molecule has 0 aromatic heterocycles. The fraction of sp³-hybridized carbons (Fsp3) is 1.00. The second-order valence-corrected chi connectivity index (χ2v) is 8.29. The van der Waals surface area contributed by atoms with Crippen LogP contribution in [0.1, 0.15) is 47.0 Å². The first-order valence-corrected chi connectivity index (χ1v) is 7.83. The Kier molecular flexibility index (Phi) is 4.41. The van der Waals surface area contributed by atoms with E-state index in [1.807, 2.05) is 0 Å². The van der Waals surface area contributed by atoms with Crippen LogP contribution in [0.4, 0.5) is 0 Å². The van der Waals surface area contributed by atoms with E-state index in [1.165, 1.54) is 6.42 Å². The smallest absolute Gasteiger partial charge is 0.212 e. The average molecular weight is 247 g/mol. The van der Waals surface area contributed by atoms with Crippen molar-refractivity contribution in [2.75, 3.05) is 18.8 Å². The maximum absolute atomic E-state index is 11.8. The van der Waals surface area contributed by atoms with E-state index in [4.69, 9.17) is 0 Å². The zero-order valence-corrected chi connectivity index (χ0v) is 11.8. The summed E-state index contributed by atoms with van der Waals surface area (Å²) in [6.07, 6.45) is 3.30. The molecule has 0 saturated carbocycles. The predicted molar refractivity (Wildman–Crippen MR) is 67.8 cm³/mol. The number of sulfonamides is 1. The Morgan fingerprint density at radius 3 is 2.44 bits per heavy atom. The molecular formula is C12H25NO2S. The van der Waals surface area contributed by atoms with Gasteiger partial charge in [-0.15, -0.1) is 0 Å². The molecule has 96 valence electrons. The normalized spacial score (nSPS) is 24.6. The second-order valence-electron chi connectivity index (χ2n) is 6.03. The van der Waals surface area contributed by atoms with Crippen molar-refractivity contribution in [1.82, 2.24) is 4.31 Å². The molecule has 1 unspecified atom stereocenters. The Hall–Kier alpha value is -0.0900. The molecule has 0 aliphatic carbocycles. The minimum atomic E-state index is -2.98. The molecule has 0 aromatic carbocycles. The Morgan fingerprint density at radius 1 is 1.31 bits per heavy atom. The van der Waals surface area contributed by atoms with E-state index in [2.05, 4.69) is 20.8 Å². The Labute approximate surface area is 100 Å². The molecule has 1 fully saturated rings. The summed E-state index contributed by atoms with van der Waals surface area (Å²) in [4.78, 5) is 0. The second kappa shape index (κ2) is 5.05. The van der Waals surface area contributed by atoms with E-state index >= 15 is 0 Å². The van der Waals surface area contributed by atoms with E-state index in [-0.39, 0.29) is 5.75 Å². The van der Waals surface area contributed by atoms with Gasteiger partial charge in [0.1, 0.15) is 0 Å². The summed E-state index contributed by atoms with van der Waals surface area (Å²) >= 11 is 0. The fourth-order valence-electron chi connectivity index (χ4n) is 2.49. The third kappa shape index (κ3) is 4.06. The molecule has 0 radical (unpaired) electrons. The molecule has 0 spiro atoms. The molecule has 3 nitrogen and oxygen atoms in total. The van der Waals surface area contributed by atoms with Crippen LogP contribution < -0.4 is 0 Å². The van der Waals surface area contributed by atoms with Crippen molar-refractivity contribution in [1.29, 1.82) is 0 Å². The molecule has 1 rings (SSSR count). The van der Waals surface area contributed by atoms with Crippen LogP contribution in [0.3, 0.4) is 0 Å². The molecule has 0 aromatic rings. The van der Waals surface area contributed by atoms with Gasteiger partial charge in [0.15, 0.2) is 0 Å². The third-order valence-corrected chi connectivity index (χ3v) is 4.99. The number of nitrogens with zero attached hydrogens (tertiary/aromatic N) is 1. The molecule has 1 saturated heterocycles. The lowest BCUT2D eigenvalue weighted by molar-refractivity contribution is 0.201. The summed E-state index contributed by atoms with van der Waals surface area (Å²) in [6, 6.07) is 0. The van der Waals surface area contributed by atoms with Crippen molar-refractivity contribution in [3.63, 3.8) is 0 Å². The van der Waals surface area contributed by atoms with Crippen LogP contribution in [0, 0.1) is 11.3 Å². The Bertz CT molecular complexity index is 316. The van der Waals surface area contributed by atoms with Gasteiger partial charge in [0.05, 0.1) is 5.75 Å². The molecule has 4 heteroatoms. The molecule has 0 amide bonds. The third-order valence-electron chi connectivity index (χ3n) is 3.14. The maximum Gasteiger partial charge on any atom is 0.213 e. The molecule has 0 bridgehead atoms. The van der Waals surface area contributed by atoms with Crippen LogP contribution in [-0.2, 0) is 10.0 Å². The Balaban J connectivity index is 2.61. The summed E-state index contributed by atoms with van der Waals surface area (Å²) < 4.78 is 25.3. The Morgan fingerprint density at radius 2 is 1.94 bits per heavy atom. The highest BCUT2D eigenvalue weighted by atomic mass is 32.2. The molecule has 1 heterocycles. The van der Waals surface area contributed by atoms with E-state index in [1.54, 1.807) is 11.2 Å². The number of hydrogen-bond donors (Lipinski definition) is 0. The van der Waals surface area contributed by atoms with Gasteiger partial charge in [-0.2, -0.15) is 0 Å². The minimum absolute atomic E-state index is 0.231. The summed E-state index contributed by atoms with van der Waals surface area (Å²) in [5, 5.41) is 0. The van der Waals surface area contributed by atoms with Crippen LogP contribution in [0.5, 0.6) is 0 Å². The molecular weight excluding hydrogens is 222 g/mol. The molecule has 16 heavy (non-hydrogen) atoms. The largest absolute Gasteiger partial charge is 0.213 e. The maximum atomic E-state index is 11.8. The van der Waals surface area contributed by atoms with E-state index in [0.717, 1.165) is 25.9 Å². The standard InChI is InChI=1S/C12H25NO2S/c1-5-16(14,15)13-8-6-7-11(10-13)9-12(2,3)4/h11H,5-10H2,1-4H3. The van der Waals surface area contributed by atoms with Gasteiger partial charge in [-0.25, -0.2) is 12.7 Å². The van der Waals surface area contributed by atoms with Crippen LogP contribution in [0.25, 0.3) is 0 Å². The lowest BCUT2D eigenvalue weighted by atomic mass is 9.81. The van der Waals surface area contributed by atoms with E-state index < -0.39 is 10.0 Å². The fourth-order valence-corrected chi connectivity index (χ4v) is 3.71. The molecule has 0 N–H and O–H groups in total. The summed E-state index contributed by atoms with van der Waals surface area (Å²) in [5.41, 5.74) is 0.295. The van der Waals surface area contributed by atoms with Gasteiger partial charge in [0.2, 0.25) is 10.0 Å². The van der Waals surface area contributed by atoms with Gasteiger partial charge < -0.3 is 0 Å². The van der Waals surface area contributed by atoms with Crippen LogP contribution >= 0.6 is 0 Å². The topological polar surface area (TPSA) is 37.4 Å². The minimum Gasteiger partial charge on any atom is -0.212 e. The van der Waals surface area contributed by atoms with Gasteiger partial charge in [0, 0.05) is 13.1 Å². The molecule has 1 atom stereocenters. The predicted octanol–water partition coefficient (Wildman–Crippen LogP) is 2.48. The highest BCUT2D eigenvalue weighted by Gasteiger charge is 2.29. The number of hydrogen-bond acceptors (Lipinski definition) is 2. The van der Waals surface area contributed by atoms with Gasteiger partial charge in [0.25, 0.3) is 0 Å². The van der Waals surface area contributed by atoms with Crippen molar-refractivity contribution >= 4 is 10.0 Å². The summed E-state index contributed by atoms with van der Waals surface area (Å²) in [7, 11) is -2.98. The van der Waals surface area contributed by atoms with Crippen LogP contribution in [0.2, 0.25) is 0 Å². The zero-order valence-electron chi connectivity index (χ0n) is 11.0. The lowest BCUT2D eigenvalue weighted by Crippen LogP contribution is -2.41. The van der Waals surface area contributed by atoms with Crippen molar-refractivity contribution < 1.29 is 8.42 Å². The van der Waals surface area contributed by atoms with Crippen molar-refractivity contribution in [3.8, 4) is 0 Å². The quantitative estimate of drug-likeness (QED) is 0.768. The average Bonchev–Trinajstić information content (AvgIpc) is 2.15. The SMILES string of the molecule is CCS(=O)(=O)N1CCCC(CC(C)(C)C)C1. The number of rotatable bonds is 3. The first kappa shape index (κ1) is 14.0. The van der Waals surface area contributed by atoms with E-state index in [0.29, 0.717) is 11.3 Å². The van der Waals surface area contributed by atoms with Gasteiger partial charge in [-0.05, 0) is 37.5 Å². The monoisotopic (exact) mass is 247 g/mol. The highest BCUT2D eigenvalue weighted by Crippen LogP contribution is 2.30. The van der Waals surface area contributed by atoms with Gasteiger partial charge in [-0.3, -0.25) is 0 Å². The van der Waals surface area contributed by atoms with Crippen LogP contribution in [-0.4, -0.2) is 31.6 Å². The number of piperidine rings is 1. The van der Waals surface area contributed by atoms with E-state index in [9.17, 15) is 8.42 Å². The molecule has 1 aliphatic rings. The van der Waals surface area contributed by atoms with Gasteiger partial charge in [-0.1, -0.05) is 20.8 Å². The summed E-state index contributed by atoms with van der Waals surface area (Å²) in [6.45, 7) is 9.84. The van der Waals surface area contributed by atoms with Crippen molar-refractivity contribution in [2.45, 2.75) is 47.0 Å². The van der Waals surface area contributed by atoms with Crippen molar-refractivity contribution in [2.24, 2.45) is 11.3 Å². The first-order valence-electron chi connectivity index (χ1n) is 6.22. The van der Waals surface area contributed by atoms with Crippen LogP contribution in [0.15, 0.2) is 0 Å². The highest BCUT2D eigenvalue weighted by molar-refractivity contribution is 7.89. The molecule has 1 aliphatic heterocycles. The summed E-state index contributed by atoms with van der Waals surface area (Å²) in [5.74, 6) is 0.768. The zero-order chi connectivity index (χ0) is 12.4. The lowest BCUT2D eigenvalue weighted by Gasteiger charge is -2.34.